The van der Waals surface area contributed by atoms with Gasteiger partial charge in [0.1, 0.15) is 6.10 Å². The van der Waals surface area contributed by atoms with Gasteiger partial charge in [0, 0.05) is 12.8 Å². The van der Waals surface area contributed by atoms with Crippen molar-refractivity contribution >= 4 is 11.5 Å². The molecule has 1 aromatic rings. The summed E-state index contributed by atoms with van der Waals surface area (Å²) < 4.78 is 9.44. The van der Waals surface area contributed by atoms with Crippen LogP contribution in [0.25, 0.3) is 0 Å². The second-order valence-corrected chi connectivity index (χ2v) is 3.60. The minimum absolute atomic E-state index is 0.0189. The fourth-order valence-corrected chi connectivity index (χ4v) is 2.08. The molecular formula is C8H8N2OS. The number of ether oxygens (including phenoxy) is 1. The fraction of sp³-hybridized carbons (Fsp3) is 0.500. The van der Waals surface area contributed by atoms with Crippen LogP contribution in [0.3, 0.4) is 0 Å². The standard InChI is InChI=1S/C8H8N2OS/c9-5-6-2-4-11-8(6)7-1-3-10-12-7/h1,3,6,8H,2,4H2. The van der Waals surface area contributed by atoms with Crippen LogP contribution in [0.2, 0.25) is 0 Å². The van der Waals surface area contributed by atoms with Crippen LogP contribution in [0.4, 0.5) is 0 Å². The van der Waals surface area contributed by atoms with Crippen LogP contribution in [-0.2, 0) is 4.74 Å². The second kappa shape index (κ2) is 3.21. The molecular weight excluding hydrogens is 172 g/mol. The number of nitrogens with zero attached hydrogens (tertiary/aromatic N) is 2. The third kappa shape index (κ3) is 1.22. The van der Waals surface area contributed by atoms with E-state index in [4.69, 9.17) is 10.00 Å². The van der Waals surface area contributed by atoms with Gasteiger partial charge in [-0.05, 0) is 24.0 Å². The quantitative estimate of drug-likeness (QED) is 0.661. The summed E-state index contributed by atoms with van der Waals surface area (Å²) in [7, 11) is 0. The molecule has 1 fully saturated rings. The molecule has 0 amide bonds. The van der Waals surface area contributed by atoms with E-state index in [-0.39, 0.29) is 12.0 Å². The summed E-state index contributed by atoms with van der Waals surface area (Å²) >= 11 is 1.41. The smallest absolute Gasteiger partial charge is 0.109 e. The van der Waals surface area contributed by atoms with Crippen LogP contribution in [0.5, 0.6) is 0 Å². The third-order valence-electron chi connectivity index (χ3n) is 2.00. The molecule has 12 heavy (non-hydrogen) atoms. The Morgan fingerprint density at radius 1 is 1.75 bits per heavy atom. The first kappa shape index (κ1) is 7.71. The molecule has 2 rings (SSSR count). The Morgan fingerprint density at radius 3 is 3.33 bits per heavy atom. The minimum atomic E-state index is -0.0255. The number of hydrogen-bond acceptors (Lipinski definition) is 4. The van der Waals surface area contributed by atoms with Crippen molar-refractivity contribution in [2.24, 2.45) is 5.92 Å². The molecule has 2 heterocycles. The van der Waals surface area contributed by atoms with Crippen molar-refractivity contribution in [3.63, 3.8) is 0 Å². The SMILES string of the molecule is N#CC1CCOC1c1ccns1. The van der Waals surface area contributed by atoms with Crippen molar-refractivity contribution in [1.29, 1.82) is 5.26 Å². The number of aromatic nitrogens is 1. The third-order valence-corrected chi connectivity index (χ3v) is 2.80. The zero-order valence-corrected chi connectivity index (χ0v) is 7.25. The molecule has 0 aliphatic carbocycles. The Hall–Kier alpha value is -0.920. The molecule has 0 N–H and O–H groups in total. The monoisotopic (exact) mass is 180 g/mol. The van der Waals surface area contributed by atoms with E-state index < -0.39 is 0 Å². The molecule has 3 nitrogen and oxygen atoms in total. The summed E-state index contributed by atoms with van der Waals surface area (Å²) in [6.07, 6.45) is 2.57. The highest BCUT2D eigenvalue weighted by atomic mass is 32.1. The molecule has 0 radical (unpaired) electrons. The van der Waals surface area contributed by atoms with Crippen LogP contribution >= 0.6 is 11.5 Å². The molecule has 2 atom stereocenters. The summed E-state index contributed by atoms with van der Waals surface area (Å²) in [4.78, 5) is 1.07. The molecule has 1 saturated heterocycles. The van der Waals surface area contributed by atoms with E-state index in [2.05, 4.69) is 10.4 Å². The van der Waals surface area contributed by atoms with Gasteiger partial charge in [0.05, 0.1) is 16.9 Å². The van der Waals surface area contributed by atoms with Gasteiger partial charge in [0.15, 0.2) is 0 Å². The van der Waals surface area contributed by atoms with Gasteiger partial charge in [0.25, 0.3) is 0 Å². The molecule has 0 saturated carbocycles. The molecule has 62 valence electrons. The zero-order valence-electron chi connectivity index (χ0n) is 6.43. The Balaban J connectivity index is 2.20. The van der Waals surface area contributed by atoms with Crippen molar-refractivity contribution in [2.75, 3.05) is 6.61 Å². The zero-order chi connectivity index (χ0) is 8.39. The van der Waals surface area contributed by atoms with Crippen LogP contribution in [0, 0.1) is 17.2 Å². The summed E-state index contributed by atoms with van der Waals surface area (Å²) in [5.74, 6) is 0.0189. The maximum atomic E-state index is 8.79. The van der Waals surface area contributed by atoms with Gasteiger partial charge >= 0.3 is 0 Å². The number of nitriles is 1. The van der Waals surface area contributed by atoms with Gasteiger partial charge in [-0.15, -0.1) is 0 Å². The Labute approximate surface area is 74.8 Å². The van der Waals surface area contributed by atoms with Gasteiger partial charge in [-0.3, -0.25) is 0 Å². The lowest BCUT2D eigenvalue weighted by Gasteiger charge is -2.08. The lowest BCUT2D eigenvalue weighted by atomic mass is 10.0. The van der Waals surface area contributed by atoms with Gasteiger partial charge < -0.3 is 4.74 Å². The maximum Gasteiger partial charge on any atom is 0.109 e. The molecule has 2 unspecified atom stereocenters. The minimum Gasteiger partial charge on any atom is -0.371 e. The number of rotatable bonds is 1. The van der Waals surface area contributed by atoms with E-state index in [0.29, 0.717) is 6.61 Å². The van der Waals surface area contributed by atoms with E-state index in [1.165, 1.54) is 11.5 Å². The maximum absolute atomic E-state index is 8.79. The molecule has 0 aromatic carbocycles. The van der Waals surface area contributed by atoms with Crippen molar-refractivity contribution in [1.82, 2.24) is 4.37 Å². The van der Waals surface area contributed by atoms with Crippen molar-refractivity contribution in [3.05, 3.63) is 17.1 Å². The van der Waals surface area contributed by atoms with Crippen LogP contribution in [0.15, 0.2) is 12.3 Å². The summed E-state index contributed by atoms with van der Waals surface area (Å²) in [6, 6.07) is 4.18. The topological polar surface area (TPSA) is 45.9 Å². The van der Waals surface area contributed by atoms with E-state index in [1.54, 1.807) is 6.20 Å². The molecule has 1 aliphatic rings. The molecule has 1 aliphatic heterocycles. The molecule has 0 spiro atoms. The molecule has 0 bridgehead atoms. The van der Waals surface area contributed by atoms with Crippen molar-refractivity contribution < 1.29 is 4.74 Å². The summed E-state index contributed by atoms with van der Waals surface area (Å²) in [6.45, 7) is 0.695. The van der Waals surface area contributed by atoms with Crippen LogP contribution < -0.4 is 0 Å². The highest BCUT2D eigenvalue weighted by molar-refractivity contribution is 7.05. The van der Waals surface area contributed by atoms with Gasteiger partial charge in [-0.25, -0.2) is 4.37 Å². The largest absolute Gasteiger partial charge is 0.371 e. The summed E-state index contributed by atoms with van der Waals surface area (Å²) in [5.41, 5.74) is 0. The first-order chi connectivity index (χ1) is 5.92. The van der Waals surface area contributed by atoms with Gasteiger partial charge in [-0.2, -0.15) is 5.26 Å². The first-order valence-electron chi connectivity index (χ1n) is 3.83. The molecule has 4 heteroatoms. The predicted octanol–water partition coefficient (Wildman–Crippen LogP) is 1.74. The molecule has 1 aromatic heterocycles. The summed E-state index contributed by atoms with van der Waals surface area (Å²) in [5, 5.41) is 8.79. The van der Waals surface area contributed by atoms with E-state index in [1.807, 2.05) is 6.07 Å². The average molecular weight is 180 g/mol. The van der Waals surface area contributed by atoms with E-state index in [0.717, 1.165) is 11.3 Å². The second-order valence-electron chi connectivity index (χ2n) is 2.73. The Kier molecular flexibility index (Phi) is 2.07. The van der Waals surface area contributed by atoms with Crippen molar-refractivity contribution in [3.8, 4) is 6.07 Å². The fourth-order valence-electron chi connectivity index (χ4n) is 1.37. The highest BCUT2D eigenvalue weighted by Gasteiger charge is 2.30. The van der Waals surface area contributed by atoms with E-state index >= 15 is 0 Å². The highest BCUT2D eigenvalue weighted by Crippen LogP contribution is 2.35. The lowest BCUT2D eigenvalue weighted by Crippen LogP contribution is -2.02. The Bertz CT molecular complexity index is 291. The van der Waals surface area contributed by atoms with E-state index in [9.17, 15) is 0 Å². The van der Waals surface area contributed by atoms with Crippen molar-refractivity contribution in [2.45, 2.75) is 12.5 Å². The number of hydrogen-bond donors (Lipinski definition) is 0. The lowest BCUT2D eigenvalue weighted by molar-refractivity contribution is 0.103. The van der Waals surface area contributed by atoms with Crippen LogP contribution in [0.1, 0.15) is 17.4 Å². The normalized spacial score (nSPS) is 28.6. The average Bonchev–Trinajstić information content (AvgIpc) is 2.74. The van der Waals surface area contributed by atoms with Crippen LogP contribution in [-0.4, -0.2) is 11.0 Å². The predicted molar refractivity (Wildman–Crippen MR) is 44.5 cm³/mol. The van der Waals surface area contributed by atoms with Gasteiger partial charge in [-0.1, -0.05) is 0 Å². The first-order valence-corrected chi connectivity index (χ1v) is 4.61. The Morgan fingerprint density at radius 2 is 2.67 bits per heavy atom. The van der Waals surface area contributed by atoms with Gasteiger partial charge in [0.2, 0.25) is 0 Å².